The highest BCUT2D eigenvalue weighted by molar-refractivity contribution is 6.30. The molecule has 2 rings (SSSR count). The number of nitriles is 1. The molecule has 0 aliphatic heterocycles. The molecule has 0 radical (unpaired) electrons. The molecular formula is C15H12ClNO2. The third-order valence-corrected chi connectivity index (χ3v) is 2.94. The zero-order valence-corrected chi connectivity index (χ0v) is 11.1. The Morgan fingerprint density at radius 2 is 1.95 bits per heavy atom. The van der Waals surface area contributed by atoms with E-state index >= 15 is 0 Å². The van der Waals surface area contributed by atoms with E-state index in [-0.39, 0.29) is 6.61 Å². The molecule has 2 aromatic rings. The van der Waals surface area contributed by atoms with Crippen molar-refractivity contribution in [3.8, 4) is 17.6 Å². The van der Waals surface area contributed by atoms with E-state index in [1.807, 2.05) is 6.92 Å². The van der Waals surface area contributed by atoms with Crippen LogP contribution in [0.4, 0.5) is 0 Å². The standard InChI is InChI=1S/C15H12ClNO2/c1-10-6-13(16)3-5-14(10)19-15-4-2-11(9-18)7-12(15)8-17/h2-7,18H,9H2,1H3. The van der Waals surface area contributed by atoms with Crippen LogP contribution in [0.25, 0.3) is 0 Å². The average molecular weight is 274 g/mol. The summed E-state index contributed by atoms with van der Waals surface area (Å²) in [6, 6.07) is 12.4. The Morgan fingerprint density at radius 1 is 1.21 bits per heavy atom. The predicted octanol–water partition coefficient (Wildman–Crippen LogP) is 3.80. The summed E-state index contributed by atoms with van der Waals surface area (Å²) in [5, 5.41) is 18.8. The molecule has 0 aliphatic carbocycles. The number of benzene rings is 2. The van der Waals surface area contributed by atoms with Gasteiger partial charge < -0.3 is 9.84 Å². The number of aliphatic hydroxyl groups is 1. The average Bonchev–Trinajstić information content (AvgIpc) is 2.42. The van der Waals surface area contributed by atoms with Gasteiger partial charge in [0.1, 0.15) is 17.6 Å². The number of rotatable bonds is 3. The quantitative estimate of drug-likeness (QED) is 0.925. The van der Waals surface area contributed by atoms with Gasteiger partial charge in [-0.05, 0) is 48.4 Å². The number of hydrogen-bond donors (Lipinski definition) is 1. The van der Waals surface area contributed by atoms with Gasteiger partial charge in [-0.1, -0.05) is 17.7 Å². The number of aryl methyl sites for hydroxylation is 1. The highest BCUT2D eigenvalue weighted by atomic mass is 35.5. The molecule has 0 bridgehead atoms. The van der Waals surface area contributed by atoms with Crippen molar-refractivity contribution in [1.82, 2.24) is 0 Å². The predicted molar refractivity (Wildman–Crippen MR) is 73.3 cm³/mol. The molecule has 96 valence electrons. The molecule has 0 heterocycles. The lowest BCUT2D eigenvalue weighted by atomic mass is 10.1. The molecule has 0 saturated carbocycles. The van der Waals surface area contributed by atoms with E-state index in [1.54, 1.807) is 36.4 Å². The van der Waals surface area contributed by atoms with Crippen LogP contribution in [0, 0.1) is 18.3 Å². The summed E-state index contributed by atoms with van der Waals surface area (Å²) in [6.07, 6.45) is 0. The van der Waals surface area contributed by atoms with E-state index in [4.69, 9.17) is 26.7 Å². The molecule has 0 amide bonds. The molecule has 0 aliphatic rings. The molecule has 4 heteroatoms. The summed E-state index contributed by atoms with van der Waals surface area (Å²) in [4.78, 5) is 0. The van der Waals surface area contributed by atoms with Crippen LogP contribution in [0.15, 0.2) is 36.4 Å². The van der Waals surface area contributed by atoms with Crippen LogP contribution in [-0.2, 0) is 6.61 Å². The van der Waals surface area contributed by atoms with Crippen molar-refractivity contribution in [2.75, 3.05) is 0 Å². The molecule has 1 N–H and O–H groups in total. The number of aliphatic hydroxyl groups excluding tert-OH is 1. The van der Waals surface area contributed by atoms with Crippen molar-refractivity contribution in [3.05, 3.63) is 58.1 Å². The summed E-state index contributed by atoms with van der Waals surface area (Å²) < 4.78 is 5.72. The molecule has 0 spiro atoms. The molecule has 0 atom stereocenters. The smallest absolute Gasteiger partial charge is 0.145 e. The topological polar surface area (TPSA) is 53.2 Å². The zero-order valence-electron chi connectivity index (χ0n) is 10.4. The van der Waals surface area contributed by atoms with Gasteiger partial charge in [-0.2, -0.15) is 5.26 Å². The Hall–Kier alpha value is -2.02. The van der Waals surface area contributed by atoms with Crippen LogP contribution in [0.2, 0.25) is 5.02 Å². The molecular weight excluding hydrogens is 262 g/mol. The Kier molecular flexibility index (Phi) is 4.06. The fourth-order valence-corrected chi connectivity index (χ4v) is 1.92. The van der Waals surface area contributed by atoms with Gasteiger partial charge >= 0.3 is 0 Å². The van der Waals surface area contributed by atoms with E-state index in [2.05, 4.69) is 6.07 Å². The second kappa shape index (κ2) is 5.75. The minimum Gasteiger partial charge on any atom is -0.456 e. The first-order valence-corrected chi connectivity index (χ1v) is 6.09. The maximum Gasteiger partial charge on any atom is 0.145 e. The first-order chi connectivity index (χ1) is 9.13. The summed E-state index contributed by atoms with van der Waals surface area (Å²) in [5.74, 6) is 1.11. The fraction of sp³-hybridized carbons (Fsp3) is 0.133. The highest BCUT2D eigenvalue weighted by Crippen LogP contribution is 2.29. The van der Waals surface area contributed by atoms with Gasteiger partial charge in [-0.15, -0.1) is 0 Å². The lowest BCUT2D eigenvalue weighted by molar-refractivity contribution is 0.281. The van der Waals surface area contributed by atoms with Crippen LogP contribution >= 0.6 is 11.6 Å². The van der Waals surface area contributed by atoms with Crippen molar-refractivity contribution in [3.63, 3.8) is 0 Å². The molecule has 0 saturated heterocycles. The van der Waals surface area contributed by atoms with Gasteiger partial charge in [0.2, 0.25) is 0 Å². The van der Waals surface area contributed by atoms with Gasteiger partial charge in [0, 0.05) is 5.02 Å². The molecule has 0 aromatic heterocycles. The van der Waals surface area contributed by atoms with Crippen molar-refractivity contribution in [1.29, 1.82) is 5.26 Å². The lowest BCUT2D eigenvalue weighted by Crippen LogP contribution is -1.92. The fourth-order valence-electron chi connectivity index (χ4n) is 1.70. The van der Waals surface area contributed by atoms with Crippen LogP contribution in [-0.4, -0.2) is 5.11 Å². The van der Waals surface area contributed by atoms with Crippen LogP contribution in [0.3, 0.4) is 0 Å². The van der Waals surface area contributed by atoms with E-state index in [0.29, 0.717) is 27.6 Å². The maximum absolute atomic E-state index is 9.10. The molecule has 3 nitrogen and oxygen atoms in total. The lowest BCUT2D eigenvalue weighted by Gasteiger charge is -2.11. The normalized spacial score (nSPS) is 10.0. The maximum atomic E-state index is 9.10. The SMILES string of the molecule is Cc1cc(Cl)ccc1Oc1ccc(CO)cc1C#N. The number of hydrogen-bond acceptors (Lipinski definition) is 3. The van der Waals surface area contributed by atoms with Crippen molar-refractivity contribution in [2.24, 2.45) is 0 Å². The second-order valence-corrected chi connectivity index (χ2v) is 4.55. The summed E-state index contributed by atoms with van der Waals surface area (Å²) in [5.41, 5.74) is 1.96. The van der Waals surface area contributed by atoms with Gasteiger partial charge in [0.05, 0.1) is 12.2 Å². The van der Waals surface area contributed by atoms with Crippen LogP contribution < -0.4 is 4.74 Å². The third kappa shape index (κ3) is 3.05. The van der Waals surface area contributed by atoms with Gasteiger partial charge in [-0.3, -0.25) is 0 Å². The summed E-state index contributed by atoms with van der Waals surface area (Å²) in [6.45, 7) is 1.78. The minimum absolute atomic E-state index is 0.102. The number of nitrogens with zero attached hydrogens (tertiary/aromatic N) is 1. The van der Waals surface area contributed by atoms with Gasteiger partial charge in [-0.25, -0.2) is 0 Å². The molecule has 0 unspecified atom stereocenters. The molecule has 2 aromatic carbocycles. The van der Waals surface area contributed by atoms with Crippen LogP contribution in [0.1, 0.15) is 16.7 Å². The Labute approximate surface area is 116 Å². The minimum atomic E-state index is -0.102. The largest absolute Gasteiger partial charge is 0.456 e. The highest BCUT2D eigenvalue weighted by Gasteiger charge is 2.08. The monoisotopic (exact) mass is 273 g/mol. The van der Waals surface area contributed by atoms with Gasteiger partial charge in [0.15, 0.2) is 0 Å². The number of ether oxygens (including phenoxy) is 1. The van der Waals surface area contributed by atoms with E-state index < -0.39 is 0 Å². The van der Waals surface area contributed by atoms with E-state index in [0.717, 1.165) is 5.56 Å². The summed E-state index contributed by atoms with van der Waals surface area (Å²) >= 11 is 5.88. The second-order valence-electron chi connectivity index (χ2n) is 4.11. The van der Waals surface area contributed by atoms with E-state index in [9.17, 15) is 0 Å². The number of halogens is 1. The summed E-state index contributed by atoms with van der Waals surface area (Å²) in [7, 11) is 0. The first kappa shape index (κ1) is 13.4. The van der Waals surface area contributed by atoms with Crippen molar-refractivity contribution < 1.29 is 9.84 Å². The van der Waals surface area contributed by atoms with E-state index in [1.165, 1.54) is 0 Å². The zero-order chi connectivity index (χ0) is 13.8. The Balaban J connectivity index is 2.35. The molecule has 0 fully saturated rings. The Morgan fingerprint density at radius 3 is 2.58 bits per heavy atom. The van der Waals surface area contributed by atoms with Crippen molar-refractivity contribution in [2.45, 2.75) is 13.5 Å². The third-order valence-electron chi connectivity index (χ3n) is 2.70. The van der Waals surface area contributed by atoms with Crippen molar-refractivity contribution >= 4 is 11.6 Å². The van der Waals surface area contributed by atoms with Crippen LogP contribution in [0.5, 0.6) is 11.5 Å². The first-order valence-electron chi connectivity index (χ1n) is 5.72. The van der Waals surface area contributed by atoms with Gasteiger partial charge in [0.25, 0.3) is 0 Å². The Bertz CT molecular complexity index is 647. The molecule has 19 heavy (non-hydrogen) atoms.